The highest BCUT2D eigenvalue weighted by Crippen LogP contribution is 2.32. The molecule has 1 aliphatic rings. The van der Waals surface area contributed by atoms with Crippen LogP contribution >= 0.6 is 35.6 Å². The molecule has 1 saturated heterocycles. The summed E-state index contributed by atoms with van der Waals surface area (Å²) in [6, 6.07) is 7.76. The van der Waals surface area contributed by atoms with Crippen molar-refractivity contribution in [2.24, 2.45) is 0 Å². The van der Waals surface area contributed by atoms with E-state index in [4.69, 9.17) is 23.2 Å². The predicted molar refractivity (Wildman–Crippen MR) is 97.4 cm³/mol. The van der Waals surface area contributed by atoms with E-state index in [1.165, 1.54) is 22.5 Å². The van der Waals surface area contributed by atoms with Gasteiger partial charge in [0.15, 0.2) is 0 Å². The zero-order valence-corrected chi connectivity index (χ0v) is 15.7. The number of sulfonamides is 1. The summed E-state index contributed by atoms with van der Waals surface area (Å²) in [6.45, 7) is 1.47. The Kier molecular flexibility index (Phi) is 6.47. The van der Waals surface area contributed by atoms with E-state index >= 15 is 0 Å². The van der Waals surface area contributed by atoms with Gasteiger partial charge in [-0.25, -0.2) is 8.42 Å². The van der Waals surface area contributed by atoms with Crippen LogP contribution in [-0.2, 0) is 10.0 Å². The second kappa shape index (κ2) is 7.99. The Morgan fingerprint density at radius 3 is 2.71 bits per heavy atom. The molecule has 0 spiro atoms. The minimum absolute atomic E-state index is 0. The van der Waals surface area contributed by atoms with Crippen LogP contribution in [0.4, 0.5) is 0 Å². The fourth-order valence-corrected chi connectivity index (χ4v) is 5.00. The van der Waals surface area contributed by atoms with Crippen LogP contribution in [0, 0.1) is 0 Å². The fraction of sp³-hybridized carbons (Fsp3) is 0.267. The molecule has 1 aliphatic heterocycles. The first-order valence-corrected chi connectivity index (χ1v) is 9.27. The third kappa shape index (κ3) is 3.85. The average Bonchev–Trinajstić information content (AvgIpc) is 2.55. The van der Waals surface area contributed by atoms with Crippen molar-refractivity contribution in [3.05, 3.63) is 58.3 Å². The largest absolute Gasteiger partial charge is 0.313 e. The third-order valence-electron chi connectivity index (χ3n) is 3.74. The molecule has 2 heterocycles. The molecule has 0 amide bonds. The molecule has 0 radical (unpaired) electrons. The zero-order valence-electron chi connectivity index (χ0n) is 12.5. The second-order valence-electron chi connectivity index (χ2n) is 5.20. The van der Waals surface area contributed by atoms with Gasteiger partial charge in [0.2, 0.25) is 10.0 Å². The maximum Gasteiger partial charge on any atom is 0.245 e. The number of benzene rings is 1. The molecule has 0 saturated carbocycles. The lowest BCUT2D eigenvalue weighted by Crippen LogP contribution is -2.48. The van der Waals surface area contributed by atoms with Crippen molar-refractivity contribution in [2.75, 3.05) is 19.6 Å². The minimum atomic E-state index is -3.73. The second-order valence-corrected chi connectivity index (χ2v) is 7.90. The quantitative estimate of drug-likeness (QED) is 0.847. The molecule has 1 unspecified atom stereocenters. The van der Waals surface area contributed by atoms with Crippen molar-refractivity contribution in [1.29, 1.82) is 0 Å². The van der Waals surface area contributed by atoms with Crippen molar-refractivity contribution in [1.82, 2.24) is 14.6 Å². The molecule has 1 aromatic carbocycles. The van der Waals surface area contributed by atoms with Crippen LogP contribution in [0.5, 0.6) is 0 Å². The molecular formula is C15H16Cl3N3O2S. The van der Waals surface area contributed by atoms with E-state index in [1.807, 2.05) is 6.07 Å². The average molecular weight is 409 g/mol. The van der Waals surface area contributed by atoms with E-state index < -0.39 is 10.0 Å². The standard InChI is InChI=1S/C15H15Cl2N3O2S.ClH/c16-12-3-4-15(13(17)8-12)23(21,22)20-7-6-19-10-14(20)11-2-1-5-18-9-11;/h1-5,8-9,14,19H,6-7,10H2;1H. The molecule has 1 N–H and O–H groups in total. The SMILES string of the molecule is Cl.O=S(=O)(c1ccc(Cl)cc1Cl)N1CCNCC1c1cccnc1. The van der Waals surface area contributed by atoms with Crippen LogP contribution in [0.1, 0.15) is 11.6 Å². The number of pyridine rings is 1. The molecule has 9 heteroatoms. The molecule has 2 aromatic rings. The number of nitrogens with zero attached hydrogens (tertiary/aromatic N) is 2. The lowest BCUT2D eigenvalue weighted by atomic mass is 10.1. The van der Waals surface area contributed by atoms with Crippen molar-refractivity contribution >= 4 is 45.6 Å². The molecule has 1 aromatic heterocycles. The summed E-state index contributed by atoms with van der Waals surface area (Å²) < 4.78 is 27.6. The molecule has 0 aliphatic carbocycles. The number of piperazine rings is 1. The van der Waals surface area contributed by atoms with E-state index in [-0.39, 0.29) is 28.4 Å². The van der Waals surface area contributed by atoms with Gasteiger partial charge in [0.25, 0.3) is 0 Å². The lowest BCUT2D eigenvalue weighted by molar-refractivity contribution is 0.271. The van der Waals surface area contributed by atoms with Crippen molar-refractivity contribution in [3.8, 4) is 0 Å². The number of hydrogen-bond donors (Lipinski definition) is 1. The molecule has 1 atom stereocenters. The van der Waals surface area contributed by atoms with Gasteiger partial charge in [0.1, 0.15) is 4.90 Å². The summed E-state index contributed by atoms with van der Waals surface area (Å²) in [5.74, 6) is 0. The number of halogens is 3. The van der Waals surface area contributed by atoms with E-state index in [2.05, 4.69) is 10.3 Å². The Hall–Kier alpha value is -0.890. The molecule has 24 heavy (non-hydrogen) atoms. The number of rotatable bonds is 3. The highest BCUT2D eigenvalue weighted by molar-refractivity contribution is 7.89. The summed E-state index contributed by atoms with van der Waals surface area (Å²) in [5, 5.41) is 3.75. The Labute approximate surface area is 157 Å². The van der Waals surface area contributed by atoms with Crippen LogP contribution < -0.4 is 5.32 Å². The van der Waals surface area contributed by atoms with Gasteiger partial charge in [0.05, 0.1) is 11.1 Å². The molecule has 3 rings (SSSR count). The molecule has 1 fully saturated rings. The third-order valence-corrected chi connectivity index (χ3v) is 6.37. The van der Waals surface area contributed by atoms with Gasteiger partial charge >= 0.3 is 0 Å². The van der Waals surface area contributed by atoms with Crippen molar-refractivity contribution in [2.45, 2.75) is 10.9 Å². The summed E-state index contributed by atoms with van der Waals surface area (Å²) in [5.41, 5.74) is 0.841. The fourth-order valence-electron chi connectivity index (χ4n) is 2.64. The van der Waals surface area contributed by atoms with Crippen LogP contribution in [0.25, 0.3) is 0 Å². The Morgan fingerprint density at radius 2 is 2.04 bits per heavy atom. The summed E-state index contributed by atoms with van der Waals surface area (Å²) in [7, 11) is -3.73. The van der Waals surface area contributed by atoms with Gasteiger partial charge in [-0.15, -0.1) is 12.4 Å². The molecular weight excluding hydrogens is 393 g/mol. The topological polar surface area (TPSA) is 62.3 Å². The van der Waals surface area contributed by atoms with Gasteiger partial charge in [0, 0.05) is 37.1 Å². The molecule has 0 bridgehead atoms. The van der Waals surface area contributed by atoms with Crippen LogP contribution in [0.3, 0.4) is 0 Å². The van der Waals surface area contributed by atoms with E-state index in [0.29, 0.717) is 24.7 Å². The Morgan fingerprint density at radius 1 is 1.25 bits per heavy atom. The molecule has 130 valence electrons. The van der Waals surface area contributed by atoms with E-state index in [0.717, 1.165) is 5.56 Å². The highest BCUT2D eigenvalue weighted by Gasteiger charge is 2.35. The summed E-state index contributed by atoms with van der Waals surface area (Å²) >= 11 is 12.0. The first-order chi connectivity index (χ1) is 11.0. The Balaban J connectivity index is 0.00000208. The summed E-state index contributed by atoms with van der Waals surface area (Å²) in [4.78, 5) is 4.15. The van der Waals surface area contributed by atoms with Crippen LogP contribution in [-0.4, -0.2) is 37.3 Å². The minimum Gasteiger partial charge on any atom is -0.313 e. The number of nitrogens with one attached hydrogen (secondary N) is 1. The monoisotopic (exact) mass is 407 g/mol. The van der Waals surface area contributed by atoms with Gasteiger partial charge in [-0.3, -0.25) is 4.98 Å². The lowest BCUT2D eigenvalue weighted by Gasteiger charge is -2.35. The zero-order chi connectivity index (χ0) is 16.4. The highest BCUT2D eigenvalue weighted by atomic mass is 35.5. The smallest absolute Gasteiger partial charge is 0.245 e. The summed E-state index contributed by atoms with van der Waals surface area (Å²) in [6.07, 6.45) is 3.35. The van der Waals surface area contributed by atoms with Gasteiger partial charge in [-0.05, 0) is 29.8 Å². The van der Waals surface area contributed by atoms with E-state index in [9.17, 15) is 8.42 Å². The number of hydrogen-bond acceptors (Lipinski definition) is 4. The predicted octanol–water partition coefficient (Wildman–Crippen LogP) is 3.15. The molecule has 5 nitrogen and oxygen atoms in total. The maximum absolute atomic E-state index is 13.1. The Bertz CT molecular complexity index is 803. The first kappa shape index (κ1) is 19.4. The first-order valence-electron chi connectivity index (χ1n) is 7.07. The van der Waals surface area contributed by atoms with Crippen LogP contribution in [0.2, 0.25) is 10.0 Å². The maximum atomic E-state index is 13.1. The van der Waals surface area contributed by atoms with Crippen LogP contribution in [0.15, 0.2) is 47.6 Å². The number of aromatic nitrogens is 1. The van der Waals surface area contributed by atoms with Crippen molar-refractivity contribution < 1.29 is 8.42 Å². The van der Waals surface area contributed by atoms with E-state index in [1.54, 1.807) is 18.5 Å². The van der Waals surface area contributed by atoms with Gasteiger partial charge < -0.3 is 5.32 Å². The van der Waals surface area contributed by atoms with Gasteiger partial charge in [-0.1, -0.05) is 29.3 Å². The van der Waals surface area contributed by atoms with Gasteiger partial charge in [-0.2, -0.15) is 4.31 Å². The van der Waals surface area contributed by atoms with Crippen molar-refractivity contribution in [3.63, 3.8) is 0 Å². The normalized spacial score (nSPS) is 18.8.